The predicted molar refractivity (Wildman–Crippen MR) is 236 cm³/mol. The van der Waals surface area contributed by atoms with Gasteiger partial charge in [0.05, 0.1) is 16.7 Å². The number of benzene rings is 7. The van der Waals surface area contributed by atoms with Crippen LogP contribution in [0.15, 0.2) is 158 Å². The highest BCUT2D eigenvalue weighted by Crippen LogP contribution is 2.68. The monoisotopic (exact) mass is 734 g/mol. The van der Waals surface area contributed by atoms with Crippen LogP contribution in [0.4, 0.5) is 17.1 Å². The molecule has 2 heterocycles. The molecule has 0 unspecified atom stereocenters. The van der Waals surface area contributed by atoms with Gasteiger partial charge < -0.3 is 9.47 Å². The van der Waals surface area contributed by atoms with Crippen LogP contribution in [0, 0.1) is 23.7 Å². The molecule has 276 valence electrons. The Morgan fingerprint density at radius 1 is 0.474 bits per heavy atom. The van der Waals surface area contributed by atoms with Gasteiger partial charge >= 0.3 is 0 Å². The largest absolute Gasteiger partial charge is 0.310 e. The SMILES string of the molecule is CC1(C)c2ccccc2-c2ccc(N(c3ccc(-c4ccccc4)cc3)c3cc4c5c(c3)c3ccccc3n5-c3ccccc3C43C4CC5CC(C4)CC3C5)cc21. The topological polar surface area (TPSA) is 8.17 Å². The van der Waals surface area contributed by atoms with Gasteiger partial charge in [0, 0.05) is 38.7 Å². The van der Waals surface area contributed by atoms with E-state index in [1.54, 1.807) is 11.1 Å². The molecule has 7 aromatic carbocycles. The van der Waals surface area contributed by atoms with Gasteiger partial charge in [-0.15, -0.1) is 0 Å². The van der Waals surface area contributed by atoms with Crippen molar-refractivity contribution in [3.63, 3.8) is 0 Å². The van der Waals surface area contributed by atoms with Crippen molar-refractivity contribution in [1.29, 1.82) is 0 Å². The quantitative estimate of drug-likeness (QED) is 0.175. The Morgan fingerprint density at radius 2 is 1.09 bits per heavy atom. The van der Waals surface area contributed by atoms with Gasteiger partial charge in [-0.25, -0.2) is 0 Å². The van der Waals surface area contributed by atoms with Crippen molar-refractivity contribution in [2.45, 2.75) is 56.8 Å². The van der Waals surface area contributed by atoms with Crippen LogP contribution in [0.25, 0.3) is 49.7 Å². The Morgan fingerprint density at radius 3 is 1.88 bits per heavy atom. The fourth-order valence-electron chi connectivity index (χ4n) is 13.5. The van der Waals surface area contributed by atoms with Gasteiger partial charge in [-0.05, 0) is 149 Å². The Balaban J connectivity index is 1.10. The molecule has 0 saturated heterocycles. The fraction of sp³-hybridized carbons (Fsp3) is 0.236. The molecule has 4 saturated carbocycles. The number of nitrogens with zero attached hydrogens (tertiary/aromatic N) is 2. The lowest BCUT2D eigenvalue weighted by Gasteiger charge is -2.63. The molecule has 0 radical (unpaired) electrons. The smallest absolute Gasteiger partial charge is 0.0584 e. The molecule has 6 aliphatic rings. The molecule has 57 heavy (non-hydrogen) atoms. The molecule has 5 aliphatic carbocycles. The van der Waals surface area contributed by atoms with E-state index in [0.29, 0.717) is 11.8 Å². The number of rotatable bonds is 4. The summed E-state index contributed by atoms with van der Waals surface area (Å²) in [5.41, 5.74) is 18.9. The maximum atomic E-state index is 2.67. The third-order valence-electron chi connectivity index (χ3n) is 15.5. The third-order valence-corrected chi connectivity index (χ3v) is 15.5. The molecule has 14 rings (SSSR count). The van der Waals surface area contributed by atoms with Gasteiger partial charge in [-0.1, -0.05) is 123 Å². The van der Waals surface area contributed by atoms with Crippen molar-refractivity contribution >= 4 is 38.9 Å². The van der Waals surface area contributed by atoms with E-state index >= 15 is 0 Å². The summed E-state index contributed by atoms with van der Waals surface area (Å²) >= 11 is 0. The van der Waals surface area contributed by atoms with E-state index in [9.17, 15) is 0 Å². The molecule has 0 atom stereocenters. The van der Waals surface area contributed by atoms with E-state index in [0.717, 1.165) is 11.8 Å². The maximum absolute atomic E-state index is 2.67. The molecule has 4 fully saturated rings. The minimum atomic E-state index is -0.0949. The lowest BCUT2D eigenvalue weighted by atomic mass is 9.41. The normalized spacial score (nSPS) is 24.2. The summed E-state index contributed by atoms with van der Waals surface area (Å²) in [7, 11) is 0. The molecule has 2 nitrogen and oxygen atoms in total. The van der Waals surface area contributed by atoms with Gasteiger partial charge in [-0.3, -0.25) is 0 Å². The van der Waals surface area contributed by atoms with E-state index in [4.69, 9.17) is 0 Å². The van der Waals surface area contributed by atoms with Gasteiger partial charge in [0.2, 0.25) is 0 Å². The first kappa shape index (κ1) is 32.2. The summed E-state index contributed by atoms with van der Waals surface area (Å²) in [5.74, 6) is 3.10. The van der Waals surface area contributed by atoms with Gasteiger partial charge in [0.1, 0.15) is 0 Å². The summed E-state index contributed by atoms with van der Waals surface area (Å²) in [5, 5.41) is 2.72. The fourth-order valence-corrected chi connectivity index (χ4v) is 13.5. The van der Waals surface area contributed by atoms with Crippen LogP contribution in [0.5, 0.6) is 0 Å². The van der Waals surface area contributed by atoms with Crippen LogP contribution in [-0.2, 0) is 10.8 Å². The minimum absolute atomic E-state index is 0.00700. The zero-order valence-corrected chi connectivity index (χ0v) is 32.8. The van der Waals surface area contributed by atoms with Gasteiger partial charge in [0.15, 0.2) is 0 Å². The molecular weight excluding hydrogens is 689 g/mol. The Kier molecular flexibility index (Phi) is 6.44. The molecule has 1 aromatic heterocycles. The van der Waals surface area contributed by atoms with E-state index in [1.165, 1.54) is 110 Å². The van der Waals surface area contributed by atoms with E-state index in [-0.39, 0.29) is 10.8 Å². The third kappa shape index (κ3) is 4.21. The molecule has 4 bridgehead atoms. The number of anilines is 3. The predicted octanol–water partition coefficient (Wildman–Crippen LogP) is 14.3. The highest BCUT2D eigenvalue weighted by Gasteiger charge is 2.61. The Bertz CT molecular complexity index is 2920. The van der Waals surface area contributed by atoms with Crippen LogP contribution >= 0.6 is 0 Å². The summed E-state index contributed by atoms with van der Waals surface area (Å²) in [4.78, 5) is 2.58. The van der Waals surface area contributed by atoms with Crippen LogP contribution in [0.2, 0.25) is 0 Å². The maximum Gasteiger partial charge on any atom is 0.0584 e. The summed E-state index contributed by atoms with van der Waals surface area (Å²) < 4.78 is 2.64. The number of hydrogen-bond donors (Lipinski definition) is 0. The van der Waals surface area contributed by atoms with E-state index < -0.39 is 0 Å². The molecular formula is C55H46N2. The zero-order chi connectivity index (χ0) is 37.6. The second kappa shape index (κ2) is 11.4. The average Bonchev–Trinajstić information content (AvgIpc) is 3.70. The first-order chi connectivity index (χ1) is 28.0. The minimum Gasteiger partial charge on any atom is -0.310 e. The number of hydrogen-bond acceptors (Lipinski definition) is 1. The molecule has 2 heteroatoms. The number of fused-ring (bicyclic) bond motifs is 8. The lowest BCUT2D eigenvalue weighted by molar-refractivity contribution is -0.0418. The average molecular weight is 735 g/mol. The molecule has 0 amide bonds. The molecule has 0 N–H and O–H groups in total. The van der Waals surface area contributed by atoms with Crippen molar-refractivity contribution in [2.75, 3.05) is 4.90 Å². The van der Waals surface area contributed by atoms with Crippen molar-refractivity contribution in [3.8, 4) is 27.9 Å². The van der Waals surface area contributed by atoms with E-state index in [1.807, 2.05) is 0 Å². The van der Waals surface area contributed by atoms with Gasteiger partial charge in [0.25, 0.3) is 0 Å². The number of para-hydroxylation sites is 2. The van der Waals surface area contributed by atoms with Crippen LogP contribution in [0.1, 0.15) is 68.2 Å². The van der Waals surface area contributed by atoms with Crippen molar-refractivity contribution in [2.24, 2.45) is 23.7 Å². The molecule has 8 aromatic rings. The summed E-state index contributed by atoms with van der Waals surface area (Å²) in [6.07, 6.45) is 6.89. The Labute approximate surface area is 335 Å². The lowest BCUT2D eigenvalue weighted by Crippen LogP contribution is -2.57. The van der Waals surface area contributed by atoms with Crippen LogP contribution in [0.3, 0.4) is 0 Å². The second-order valence-corrected chi connectivity index (χ2v) is 18.6. The molecule has 1 spiro atoms. The highest BCUT2D eigenvalue weighted by atomic mass is 15.1. The van der Waals surface area contributed by atoms with Gasteiger partial charge in [-0.2, -0.15) is 0 Å². The van der Waals surface area contributed by atoms with Crippen LogP contribution in [-0.4, -0.2) is 4.57 Å². The van der Waals surface area contributed by atoms with Crippen molar-refractivity contribution < 1.29 is 0 Å². The zero-order valence-electron chi connectivity index (χ0n) is 32.8. The van der Waals surface area contributed by atoms with Crippen molar-refractivity contribution in [1.82, 2.24) is 4.57 Å². The standard InChI is InChI=1S/C55H46N2/c1-54(2)47-16-8-6-14-43(47)44-25-24-41(32-49(44)54)56(40-22-20-37(21-23-40)36-12-4-3-5-13-36)42-31-46-45-15-7-10-18-51(45)57-52-19-11-9-17-48(52)55(50(33-42)53(46)57)38-27-34-26-35(29-38)30-39(55)28-34/h3-25,31-35,38-39H,26-30H2,1-2H3. The first-order valence-corrected chi connectivity index (χ1v) is 21.4. The number of aromatic nitrogens is 1. The summed E-state index contributed by atoms with van der Waals surface area (Å²) in [6, 6.07) is 60.4. The summed E-state index contributed by atoms with van der Waals surface area (Å²) in [6.45, 7) is 4.80. The Hall–Kier alpha value is -5.86. The highest BCUT2D eigenvalue weighted by molar-refractivity contribution is 6.13. The molecule has 1 aliphatic heterocycles. The van der Waals surface area contributed by atoms with Crippen molar-refractivity contribution in [3.05, 3.63) is 180 Å². The second-order valence-electron chi connectivity index (χ2n) is 18.6. The first-order valence-electron chi connectivity index (χ1n) is 21.4. The van der Waals surface area contributed by atoms with E-state index in [2.05, 4.69) is 181 Å². The van der Waals surface area contributed by atoms with Crippen LogP contribution < -0.4 is 4.90 Å².